The van der Waals surface area contributed by atoms with Crippen LogP contribution in [-0.4, -0.2) is 56.9 Å². The highest BCUT2D eigenvalue weighted by molar-refractivity contribution is 5.89. The van der Waals surface area contributed by atoms with Crippen molar-refractivity contribution in [1.82, 2.24) is 24.6 Å². The number of nitrogens with one attached hydrogen (secondary N) is 1. The Hall–Kier alpha value is -3.56. The summed E-state index contributed by atoms with van der Waals surface area (Å²) >= 11 is 0. The molecule has 3 heterocycles. The number of rotatable bonds is 3. The van der Waals surface area contributed by atoms with Gasteiger partial charge in [-0.1, -0.05) is 0 Å². The molecular weight excluding hydrogens is 404 g/mol. The first-order valence-corrected chi connectivity index (χ1v) is 9.95. The SMILES string of the molecule is Cc1cc(C)n(-c2cc(N3CCN(C(=O)Nc4ccc(F)cc4F)CC3)nc(C)n2)n1. The van der Waals surface area contributed by atoms with Crippen molar-refractivity contribution in [3.8, 4) is 5.82 Å². The molecule has 0 spiro atoms. The number of hydrogen-bond donors (Lipinski definition) is 1. The van der Waals surface area contributed by atoms with Gasteiger partial charge in [0, 0.05) is 44.0 Å². The summed E-state index contributed by atoms with van der Waals surface area (Å²) in [5.74, 6) is 0.593. The number of hydrogen-bond acceptors (Lipinski definition) is 5. The fourth-order valence-corrected chi connectivity index (χ4v) is 3.59. The Morgan fingerprint density at radius 1 is 0.968 bits per heavy atom. The van der Waals surface area contributed by atoms with Crippen LogP contribution in [0.3, 0.4) is 0 Å². The van der Waals surface area contributed by atoms with Gasteiger partial charge in [0.05, 0.1) is 11.4 Å². The fourth-order valence-electron chi connectivity index (χ4n) is 3.59. The standard InChI is InChI=1S/C21H23F2N7O/c1-13-10-14(2)30(27-13)20-12-19(24-15(3)25-20)28-6-8-29(9-7-28)21(31)26-18-5-4-16(22)11-17(18)23/h4-5,10-12H,6-9H2,1-3H3,(H,26,31). The molecule has 162 valence electrons. The summed E-state index contributed by atoms with van der Waals surface area (Å²) < 4.78 is 28.6. The first-order valence-electron chi connectivity index (χ1n) is 9.95. The number of nitrogens with zero attached hydrogens (tertiary/aromatic N) is 6. The summed E-state index contributed by atoms with van der Waals surface area (Å²) in [6.07, 6.45) is 0. The lowest BCUT2D eigenvalue weighted by Crippen LogP contribution is -2.50. The van der Waals surface area contributed by atoms with E-state index in [4.69, 9.17) is 0 Å². The van der Waals surface area contributed by atoms with Crippen molar-refractivity contribution in [2.24, 2.45) is 0 Å². The van der Waals surface area contributed by atoms with E-state index in [0.717, 1.165) is 29.3 Å². The van der Waals surface area contributed by atoms with Gasteiger partial charge in [0.1, 0.15) is 23.3 Å². The Kier molecular flexibility index (Phi) is 5.53. The molecule has 1 fully saturated rings. The second kappa shape index (κ2) is 8.29. The van der Waals surface area contributed by atoms with Gasteiger partial charge in [-0.2, -0.15) is 5.10 Å². The number of urea groups is 1. The Balaban J connectivity index is 1.44. The largest absolute Gasteiger partial charge is 0.353 e. The average Bonchev–Trinajstić information content (AvgIpc) is 3.07. The quantitative estimate of drug-likeness (QED) is 0.694. The summed E-state index contributed by atoms with van der Waals surface area (Å²) in [5.41, 5.74) is 1.85. The van der Waals surface area contributed by atoms with Crippen LogP contribution in [0.15, 0.2) is 30.3 Å². The lowest BCUT2D eigenvalue weighted by atomic mass is 10.3. The molecule has 0 bridgehead atoms. The third kappa shape index (κ3) is 4.47. The van der Waals surface area contributed by atoms with E-state index in [-0.39, 0.29) is 5.69 Å². The van der Waals surface area contributed by atoms with Crippen molar-refractivity contribution < 1.29 is 13.6 Å². The van der Waals surface area contributed by atoms with E-state index in [1.165, 1.54) is 6.07 Å². The van der Waals surface area contributed by atoms with Gasteiger partial charge in [-0.15, -0.1) is 0 Å². The second-order valence-electron chi connectivity index (χ2n) is 7.50. The van der Waals surface area contributed by atoms with E-state index in [1.807, 2.05) is 32.9 Å². The van der Waals surface area contributed by atoms with Gasteiger partial charge in [0.25, 0.3) is 0 Å². The second-order valence-corrected chi connectivity index (χ2v) is 7.50. The highest BCUT2D eigenvalue weighted by Gasteiger charge is 2.23. The smallest absolute Gasteiger partial charge is 0.322 e. The number of anilines is 2. The van der Waals surface area contributed by atoms with Gasteiger partial charge in [-0.3, -0.25) is 0 Å². The van der Waals surface area contributed by atoms with E-state index in [9.17, 15) is 13.6 Å². The van der Waals surface area contributed by atoms with Crippen molar-refractivity contribution in [1.29, 1.82) is 0 Å². The minimum absolute atomic E-state index is 0.0465. The van der Waals surface area contributed by atoms with Crippen molar-refractivity contribution >= 4 is 17.5 Å². The normalized spacial score (nSPS) is 14.1. The Morgan fingerprint density at radius 2 is 1.68 bits per heavy atom. The number of aromatic nitrogens is 4. The summed E-state index contributed by atoms with van der Waals surface area (Å²) in [4.78, 5) is 25.2. The maximum Gasteiger partial charge on any atom is 0.322 e. The van der Waals surface area contributed by atoms with Crippen LogP contribution in [-0.2, 0) is 0 Å². The lowest BCUT2D eigenvalue weighted by Gasteiger charge is -2.35. The van der Waals surface area contributed by atoms with Crippen LogP contribution in [0.2, 0.25) is 0 Å². The van der Waals surface area contributed by atoms with Crippen molar-refractivity contribution in [2.75, 3.05) is 36.4 Å². The van der Waals surface area contributed by atoms with Gasteiger partial charge in [-0.25, -0.2) is 28.2 Å². The van der Waals surface area contributed by atoms with Crippen molar-refractivity contribution in [2.45, 2.75) is 20.8 Å². The first-order chi connectivity index (χ1) is 14.8. The van der Waals surface area contributed by atoms with Crippen LogP contribution in [0, 0.1) is 32.4 Å². The number of amides is 2. The third-order valence-electron chi connectivity index (χ3n) is 5.10. The molecule has 0 aliphatic carbocycles. The van der Waals surface area contributed by atoms with Crippen LogP contribution < -0.4 is 10.2 Å². The van der Waals surface area contributed by atoms with E-state index in [0.29, 0.717) is 37.8 Å². The number of aryl methyl sites for hydroxylation is 3. The van der Waals surface area contributed by atoms with Gasteiger partial charge < -0.3 is 15.1 Å². The molecule has 2 aromatic heterocycles. The molecule has 0 unspecified atom stereocenters. The Morgan fingerprint density at radius 3 is 2.32 bits per heavy atom. The fraction of sp³-hybridized carbons (Fsp3) is 0.333. The lowest BCUT2D eigenvalue weighted by molar-refractivity contribution is 0.208. The Labute approximate surface area is 178 Å². The molecule has 3 aromatic rings. The monoisotopic (exact) mass is 427 g/mol. The van der Waals surface area contributed by atoms with Crippen molar-refractivity contribution in [3.05, 3.63) is 59.2 Å². The summed E-state index contributed by atoms with van der Waals surface area (Å²) in [7, 11) is 0. The minimum Gasteiger partial charge on any atom is -0.353 e. The molecular formula is C21H23F2N7O. The van der Waals surface area contributed by atoms with Crippen LogP contribution in [0.5, 0.6) is 0 Å². The van der Waals surface area contributed by atoms with E-state index in [1.54, 1.807) is 9.58 Å². The van der Waals surface area contributed by atoms with Gasteiger partial charge in [0.2, 0.25) is 0 Å². The predicted molar refractivity (Wildman–Crippen MR) is 113 cm³/mol. The molecule has 1 aromatic carbocycles. The average molecular weight is 427 g/mol. The maximum atomic E-state index is 13.8. The zero-order chi connectivity index (χ0) is 22.1. The molecule has 31 heavy (non-hydrogen) atoms. The minimum atomic E-state index is -0.805. The molecule has 2 amide bonds. The Bertz CT molecular complexity index is 1120. The van der Waals surface area contributed by atoms with Crippen molar-refractivity contribution in [3.63, 3.8) is 0 Å². The summed E-state index contributed by atoms with van der Waals surface area (Å²) in [6, 6.07) is 6.50. The predicted octanol–water partition coefficient (Wildman–Crippen LogP) is 3.22. The molecule has 8 nitrogen and oxygen atoms in total. The molecule has 0 radical (unpaired) electrons. The van der Waals surface area contributed by atoms with Gasteiger partial charge in [0.15, 0.2) is 5.82 Å². The van der Waals surface area contributed by atoms with E-state index < -0.39 is 17.7 Å². The van der Waals surface area contributed by atoms with Crippen LogP contribution in [0.4, 0.5) is 25.1 Å². The highest BCUT2D eigenvalue weighted by Crippen LogP contribution is 2.20. The molecule has 10 heteroatoms. The van der Waals surface area contributed by atoms with Crippen LogP contribution in [0.1, 0.15) is 17.2 Å². The first kappa shape index (κ1) is 20.7. The molecule has 0 atom stereocenters. The van der Waals surface area contributed by atoms with Crippen LogP contribution >= 0.6 is 0 Å². The highest BCUT2D eigenvalue weighted by atomic mass is 19.1. The van der Waals surface area contributed by atoms with E-state index in [2.05, 4.69) is 25.3 Å². The molecule has 1 aliphatic rings. The topological polar surface area (TPSA) is 79.2 Å². The molecule has 4 rings (SSSR count). The number of piperazine rings is 1. The summed E-state index contributed by atoms with van der Waals surface area (Å²) in [5, 5.41) is 6.99. The number of benzene rings is 1. The molecule has 1 aliphatic heterocycles. The van der Waals surface area contributed by atoms with E-state index >= 15 is 0 Å². The molecule has 1 N–H and O–H groups in total. The number of carbonyl (C=O) groups excluding carboxylic acids is 1. The molecule has 1 saturated heterocycles. The maximum absolute atomic E-state index is 13.8. The van der Waals surface area contributed by atoms with Gasteiger partial charge >= 0.3 is 6.03 Å². The summed E-state index contributed by atoms with van der Waals surface area (Å²) in [6.45, 7) is 7.73. The van der Waals surface area contributed by atoms with Crippen LogP contribution in [0.25, 0.3) is 5.82 Å². The number of carbonyl (C=O) groups is 1. The molecule has 0 saturated carbocycles. The van der Waals surface area contributed by atoms with Gasteiger partial charge in [-0.05, 0) is 39.0 Å². The third-order valence-corrected chi connectivity index (χ3v) is 5.10. The number of halogens is 2. The zero-order valence-electron chi connectivity index (χ0n) is 17.6. The zero-order valence-corrected chi connectivity index (χ0v) is 17.6.